The fraction of sp³-hybridized carbons (Fsp3) is 0.118. The predicted molar refractivity (Wildman–Crippen MR) is 86.0 cm³/mol. The molecule has 0 unspecified atom stereocenters. The zero-order valence-electron chi connectivity index (χ0n) is 11.9. The normalized spacial score (nSPS) is 11.0. The van der Waals surface area contributed by atoms with Gasteiger partial charge in [-0.3, -0.25) is 4.79 Å². The zero-order chi connectivity index (χ0) is 15.1. The Kier molecular flexibility index (Phi) is 5.46. The highest BCUT2D eigenvalue weighted by molar-refractivity contribution is 8.02. The molecule has 0 aliphatic carbocycles. The van der Waals surface area contributed by atoms with Crippen LogP contribution in [0, 0.1) is 0 Å². The van der Waals surface area contributed by atoms with Crippen molar-refractivity contribution in [3.05, 3.63) is 71.3 Å². The highest BCUT2D eigenvalue weighted by atomic mass is 32.2. The molecule has 2 rings (SSSR count). The number of para-hydroxylation sites is 1. The van der Waals surface area contributed by atoms with Crippen LogP contribution < -0.4 is 9.47 Å². The van der Waals surface area contributed by atoms with E-state index < -0.39 is 0 Å². The van der Waals surface area contributed by atoms with Crippen molar-refractivity contribution in [2.24, 2.45) is 0 Å². The second-order valence-corrected chi connectivity index (χ2v) is 4.99. The Morgan fingerprint density at radius 1 is 1.00 bits per heavy atom. The van der Waals surface area contributed by atoms with Gasteiger partial charge in [0.05, 0.1) is 7.11 Å². The summed E-state index contributed by atoms with van der Waals surface area (Å²) in [6.07, 6.45) is 3.37. The highest BCUT2D eigenvalue weighted by Gasteiger charge is 2.07. The smallest absolute Gasteiger partial charge is 0.190 e. The quantitative estimate of drug-likeness (QED) is 0.456. The molecule has 2 aromatic rings. The molecule has 0 fully saturated rings. The molecule has 0 saturated carbocycles. The van der Waals surface area contributed by atoms with Gasteiger partial charge in [-0.15, -0.1) is 0 Å². The van der Waals surface area contributed by atoms with Crippen molar-refractivity contribution >= 4 is 17.5 Å². The summed E-state index contributed by atoms with van der Waals surface area (Å²) in [5.41, 5.74) is 0.596. The van der Waals surface area contributed by atoms with Crippen LogP contribution in [0.2, 0.25) is 0 Å². The second-order valence-electron chi connectivity index (χ2n) is 4.18. The Balaban J connectivity index is 2.12. The van der Waals surface area contributed by atoms with Crippen LogP contribution in [0.1, 0.15) is 10.4 Å². The monoisotopic (exact) mass is 300 g/mol. The highest BCUT2D eigenvalue weighted by Crippen LogP contribution is 2.20. The van der Waals surface area contributed by atoms with Crippen LogP contribution in [0.3, 0.4) is 0 Å². The number of carbonyl (C=O) groups excluding carboxylic acids is 1. The van der Waals surface area contributed by atoms with Crippen molar-refractivity contribution in [1.29, 1.82) is 0 Å². The van der Waals surface area contributed by atoms with Crippen molar-refractivity contribution in [2.45, 2.75) is 0 Å². The van der Waals surface area contributed by atoms with Gasteiger partial charge >= 0.3 is 0 Å². The summed E-state index contributed by atoms with van der Waals surface area (Å²) in [6, 6.07) is 16.4. The molecule has 0 atom stereocenters. The molecule has 0 aliphatic heterocycles. The first-order chi connectivity index (χ1) is 10.2. The number of ketones is 1. The number of rotatable bonds is 6. The molecule has 0 N–H and O–H groups in total. The van der Waals surface area contributed by atoms with Gasteiger partial charge in [0.25, 0.3) is 0 Å². The van der Waals surface area contributed by atoms with Gasteiger partial charge in [0.15, 0.2) is 10.9 Å². The van der Waals surface area contributed by atoms with E-state index in [4.69, 9.17) is 9.47 Å². The first kappa shape index (κ1) is 15.2. The van der Waals surface area contributed by atoms with Gasteiger partial charge in [-0.1, -0.05) is 30.0 Å². The van der Waals surface area contributed by atoms with Crippen LogP contribution in [-0.4, -0.2) is 19.1 Å². The third-order valence-corrected chi connectivity index (χ3v) is 3.39. The predicted octanol–water partition coefficient (Wildman–Crippen LogP) is 4.16. The van der Waals surface area contributed by atoms with Crippen LogP contribution in [0.4, 0.5) is 0 Å². The molecular formula is C17H16O3S. The Labute approximate surface area is 128 Å². The molecule has 0 spiro atoms. The van der Waals surface area contributed by atoms with Crippen molar-refractivity contribution in [1.82, 2.24) is 0 Å². The standard InChI is InChI=1S/C17H16O3S/c1-19-14-10-8-13(9-11-14)16(18)12-17(21-2)20-15-6-4-3-5-7-15/h3-12H,1-2H3/b17-12-. The van der Waals surface area contributed by atoms with Crippen LogP contribution in [0.25, 0.3) is 0 Å². The van der Waals surface area contributed by atoms with Crippen molar-refractivity contribution in [3.8, 4) is 11.5 Å². The molecule has 0 aromatic heterocycles. The second kappa shape index (κ2) is 7.55. The summed E-state index contributed by atoms with van der Waals surface area (Å²) >= 11 is 1.39. The lowest BCUT2D eigenvalue weighted by atomic mass is 10.1. The lowest BCUT2D eigenvalue weighted by Crippen LogP contribution is -1.99. The van der Waals surface area contributed by atoms with E-state index in [0.29, 0.717) is 16.4 Å². The fourth-order valence-corrected chi connectivity index (χ4v) is 2.08. The van der Waals surface area contributed by atoms with E-state index in [9.17, 15) is 4.79 Å². The first-order valence-electron chi connectivity index (χ1n) is 6.40. The van der Waals surface area contributed by atoms with E-state index in [1.807, 2.05) is 36.6 Å². The first-order valence-corrected chi connectivity index (χ1v) is 7.62. The van der Waals surface area contributed by atoms with Gasteiger partial charge in [-0.2, -0.15) is 0 Å². The number of carbonyl (C=O) groups is 1. The Morgan fingerprint density at radius 3 is 2.24 bits per heavy atom. The lowest BCUT2D eigenvalue weighted by molar-refractivity contribution is 0.104. The van der Waals surface area contributed by atoms with Crippen molar-refractivity contribution in [2.75, 3.05) is 13.4 Å². The zero-order valence-corrected chi connectivity index (χ0v) is 12.7. The molecule has 21 heavy (non-hydrogen) atoms. The van der Waals surface area contributed by atoms with Crippen LogP contribution in [-0.2, 0) is 0 Å². The van der Waals surface area contributed by atoms with Gasteiger partial charge in [0, 0.05) is 11.6 Å². The summed E-state index contributed by atoms with van der Waals surface area (Å²) in [7, 11) is 1.59. The van der Waals surface area contributed by atoms with Gasteiger partial charge < -0.3 is 9.47 Å². The average Bonchev–Trinajstić information content (AvgIpc) is 2.55. The number of hydrogen-bond acceptors (Lipinski definition) is 4. The van der Waals surface area contributed by atoms with Crippen molar-refractivity contribution < 1.29 is 14.3 Å². The van der Waals surface area contributed by atoms with E-state index in [-0.39, 0.29) is 5.78 Å². The van der Waals surface area contributed by atoms with Crippen LogP contribution in [0.15, 0.2) is 65.8 Å². The molecule has 2 aromatic carbocycles. The number of methoxy groups -OCH3 is 1. The van der Waals surface area contributed by atoms with Gasteiger partial charge in [0.2, 0.25) is 0 Å². The summed E-state index contributed by atoms with van der Waals surface area (Å²) in [6.45, 7) is 0. The molecule has 0 bridgehead atoms. The van der Waals surface area contributed by atoms with Crippen molar-refractivity contribution in [3.63, 3.8) is 0 Å². The molecule has 0 heterocycles. The molecule has 0 saturated heterocycles. The minimum Gasteiger partial charge on any atom is -0.497 e. The maximum absolute atomic E-state index is 12.2. The SMILES string of the molecule is COc1ccc(C(=O)/C=C(/Oc2ccccc2)SC)cc1. The lowest BCUT2D eigenvalue weighted by Gasteiger charge is -2.07. The van der Waals surface area contributed by atoms with E-state index in [1.165, 1.54) is 17.8 Å². The molecule has 108 valence electrons. The maximum Gasteiger partial charge on any atom is 0.190 e. The Hall–Kier alpha value is -2.20. The van der Waals surface area contributed by atoms with E-state index in [2.05, 4.69) is 0 Å². The minimum atomic E-state index is -0.0991. The Bertz CT molecular complexity index is 618. The molecule has 0 amide bonds. The summed E-state index contributed by atoms with van der Waals surface area (Å²) in [5, 5.41) is 0.557. The molecule has 3 nitrogen and oxygen atoms in total. The average molecular weight is 300 g/mol. The minimum absolute atomic E-state index is 0.0991. The summed E-state index contributed by atoms with van der Waals surface area (Å²) in [5.74, 6) is 1.33. The van der Waals surface area contributed by atoms with E-state index in [0.717, 1.165) is 5.75 Å². The van der Waals surface area contributed by atoms with E-state index in [1.54, 1.807) is 31.4 Å². The number of allylic oxidation sites excluding steroid dienone is 1. The third-order valence-electron chi connectivity index (χ3n) is 2.79. The van der Waals surface area contributed by atoms with Crippen LogP contribution >= 0.6 is 11.8 Å². The number of hydrogen-bond donors (Lipinski definition) is 0. The van der Waals surface area contributed by atoms with E-state index >= 15 is 0 Å². The van der Waals surface area contributed by atoms with Gasteiger partial charge in [-0.25, -0.2) is 0 Å². The summed E-state index contributed by atoms with van der Waals surface area (Å²) in [4.78, 5) is 12.2. The van der Waals surface area contributed by atoms with Crippen LogP contribution in [0.5, 0.6) is 11.5 Å². The Morgan fingerprint density at radius 2 is 1.67 bits per heavy atom. The molecular weight excluding hydrogens is 284 g/mol. The largest absolute Gasteiger partial charge is 0.497 e. The number of benzene rings is 2. The molecule has 0 radical (unpaired) electrons. The fourth-order valence-electron chi connectivity index (χ4n) is 1.68. The van der Waals surface area contributed by atoms with Gasteiger partial charge in [0.1, 0.15) is 11.5 Å². The molecule has 0 aliphatic rings. The maximum atomic E-state index is 12.2. The van der Waals surface area contributed by atoms with Gasteiger partial charge in [-0.05, 0) is 42.7 Å². The summed E-state index contributed by atoms with van der Waals surface area (Å²) < 4.78 is 10.8. The number of thioether (sulfide) groups is 1. The number of ether oxygens (including phenoxy) is 2. The topological polar surface area (TPSA) is 35.5 Å². The third kappa shape index (κ3) is 4.39. The molecule has 4 heteroatoms.